The number of benzene rings is 2. The first-order valence-corrected chi connectivity index (χ1v) is 7.18. The Bertz CT molecular complexity index is 614. The Hall–Kier alpha value is -1.67. The molecule has 2 aromatic carbocycles. The molecule has 104 valence electrons. The van der Waals surface area contributed by atoms with Crippen molar-refractivity contribution in [3.8, 4) is 0 Å². The molecule has 1 atom stereocenters. The number of halogens is 1. The maximum atomic E-state index is 13.0. The highest BCUT2D eigenvalue weighted by atomic mass is 19.1. The summed E-state index contributed by atoms with van der Waals surface area (Å²) < 4.78 is 13.0. The second-order valence-corrected chi connectivity index (χ2v) is 5.77. The number of aliphatic hydroxyl groups is 1. The van der Waals surface area contributed by atoms with E-state index in [1.165, 1.54) is 36.1 Å². The van der Waals surface area contributed by atoms with Crippen molar-refractivity contribution >= 4 is 0 Å². The Morgan fingerprint density at radius 1 is 0.900 bits per heavy atom. The molecule has 0 aliphatic heterocycles. The van der Waals surface area contributed by atoms with E-state index in [0.29, 0.717) is 0 Å². The molecule has 0 saturated carbocycles. The van der Waals surface area contributed by atoms with Gasteiger partial charge < -0.3 is 5.11 Å². The van der Waals surface area contributed by atoms with Gasteiger partial charge in [-0.05, 0) is 67.0 Å². The normalized spacial score (nSPS) is 17.4. The topological polar surface area (TPSA) is 20.2 Å². The lowest BCUT2D eigenvalue weighted by Crippen LogP contribution is -2.23. The van der Waals surface area contributed by atoms with E-state index in [2.05, 4.69) is 12.1 Å². The Balaban J connectivity index is 2.00. The summed E-state index contributed by atoms with van der Waals surface area (Å²) in [7, 11) is 0. The molecule has 0 heterocycles. The van der Waals surface area contributed by atoms with Crippen molar-refractivity contribution in [1.29, 1.82) is 0 Å². The first-order valence-electron chi connectivity index (χ1n) is 7.18. The number of fused-ring (bicyclic) bond motifs is 1. The fraction of sp³-hybridized carbons (Fsp3) is 0.333. The van der Waals surface area contributed by atoms with E-state index < -0.39 is 5.60 Å². The molecular formula is C18H19FO. The average Bonchev–Trinajstić information content (AvgIpc) is 2.47. The summed E-state index contributed by atoms with van der Waals surface area (Å²) in [5, 5.41) is 10.8. The molecular weight excluding hydrogens is 251 g/mol. The first kappa shape index (κ1) is 13.3. The van der Waals surface area contributed by atoms with Gasteiger partial charge in [-0.1, -0.05) is 30.3 Å². The van der Waals surface area contributed by atoms with Crippen LogP contribution in [-0.4, -0.2) is 5.11 Å². The van der Waals surface area contributed by atoms with Gasteiger partial charge in [0.05, 0.1) is 0 Å². The van der Waals surface area contributed by atoms with Gasteiger partial charge in [0.15, 0.2) is 0 Å². The molecule has 2 aromatic rings. The summed E-state index contributed by atoms with van der Waals surface area (Å²) in [6, 6.07) is 12.3. The molecule has 20 heavy (non-hydrogen) atoms. The van der Waals surface area contributed by atoms with Gasteiger partial charge in [-0.3, -0.25) is 0 Å². The highest BCUT2D eigenvalue weighted by Crippen LogP contribution is 2.32. The van der Waals surface area contributed by atoms with E-state index in [4.69, 9.17) is 0 Å². The second-order valence-electron chi connectivity index (χ2n) is 5.77. The highest BCUT2D eigenvalue weighted by molar-refractivity contribution is 5.41. The van der Waals surface area contributed by atoms with E-state index in [1.807, 2.05) is 6.07 Å². The van der Waals surface area contributed by atoms with Gasteiger partial charge in [0, 0.05) is 0 Å². The molecule has 1 N–H and O–H groups in total. The molecule has 0 radical (unpaired) electrons. The van der Waals surface area contributed by atoms with Crippen molar-refractivity contribution < 1.29 is 9.50 Å². The molecule has 0 bridgehead atoms. The van der Waals surface area contributed by atoms with E-state index in [1.54, 1.807) is 19.1 Å². The Labute approximate surface area is 119 Å². The first-order chi connectivity index (χ1) is 9.57. The van der Waals surface area contributed by atoms with Gasteiger partial charge in [-0.15, -0.1) is 0 Å². The minimum absolute atomic E-state index is 0.282. The SMILES string of the molecule is CC(O)(c1ccc(F)cc1)c1ccc2c(c1)CCCC2. The molecule has 0 amide bonds. The predicted octanol–water partition coefficient (Wildman–Crippen LogP) is 3.96. The van der Waals surface area contributed by atoms with Crippen LogP contribution in [0.5, 0.6) is 0 Å². The van der Waals surface area contributed by atoms with Crippen LogP contribution in [0.3, 0.4) is 0 Å². The van der Waals surface area contributed by atoms with Crippen molar-refractivity contribution in [1.82, 2.24) is 0 Å². The van der Waals surface area contributed by atoms with Crippen LogP contribution in [0, 0.1) is 5.82 Å². The molecule has 0 aromatic heterocycles. The lowest BCUT2D eigenvalue weighted by molar-refractivity contribution is 0.102. The number of hydrogen-bond donors (Lipinski definition) is 1. The number of hydrogen-bond acceptors (Lipinski definition) is 1. The fourth-order valence-electron chi connectivity index (χ4n) is 2.98. The van der Waals surface area contributed by atoms with Crippen LogP contribution in [0.15, 0.2) is 42.5 Å². The molecule has 1 aliphatic rings. The molecule has 2 heteroatoms. The third kappa shape index (κ3) is 2.36. The van der Waals surface area contributed by atoms with Gasteiger partial charge in [-0.25, -0.2) is 4.39 Å². The summed E-state index contributed by atoms with van der Waals surface area (Å²) >= 11 is 0. The zero-order valence-corrected chi connectivity index (χ0v) is 11.7. The Morgan fingerprint density at radius 3 is 2.20 bits per heavy atom. The summed E-state index contributed by atoms with van der Waals surface area (Å²) in [6.45, 7) is 1.77. The molecule has 3 rings (SSSR count). The summed E-state index contributed by atoms with van der Waals surface area (Å²) in [5.74, 6) is -0.282. The Kier molecular flexibility index (Phi) is 3.35. The number of aryl methyl sites for hydroxylation is 2. The van der Waals surface area contributed by atoms with Gasteiger partial charge in [0.25, 0.3) is 0 Å². The van der Waals surface area contributed by atoms with Gasteiger partial charge in [0.2, 0.25) is 0 Å². The zero-order chi connectivity index (χ0) is 14.2. The minimum atomic E-state index is -1.08. The average molecular weight is 270 g/mol. The van der Waals surface area contributed by atoms with Crippen molar-refractivity contribution in [3.63, 3.8) is 0 Å². The smallest absolute Gasteiger partial charge is 0.123 e. The van der Waals surface area contributed by atoms with E-state index in [0.717, 1.165) is 24.0 Å². The molecule has 1 aliphatic carbocycles. The van der Waals surface area contributed by atoms with Crippen LogP contribution in [0.4, 0.5) is 4.39 Å². The van der Waals surface area contributed by atoms with Crippen LogP contribution in [0.1, 0.15) is 42.0 Å². The largest absolute Gasteiger partial charge is 0.381 e. The fourth-order valence-corrected chi connectivity index (χ4v) is 2.98. The van der Waals surface area contributed by atoms with Crippen molar-refractivity contribution in [2.75, 3.05) is 0 Å². The monoisotopic (exact) mass is 270 g/mol. The van der Waals surface area contributed by atoms with Crippen LogP contribution < -0.4 is 0 Å². The molecule has 0 spiro atoms. The highest BCUT2D eigenvalue weighted by Gasteiger charge is 2.26. The van der Waals surface area contributed by atoms with Crippen LogP contribution in [0.25, 0.3) is 0 Å². The Morgan fingerprint density at radius 2 is 1.50 bits per heavy atom. The van der Waals surface area contributed by atoms with E-state index in [-0.39, 0.29) is 5.82 Å². The van der Waals surface area contributed by atoms with Crippen molar-refractivity contribution in [2.45, 2.75) is 38.2 Å². The second kappa shape index (κ2) is 5.02. The lowest BCUT2D eigenvalue weighted by atomic mass is 9.83. The van der Waals surface area contributed by atoms with Gasteiger partial charge in [0.1, 0.15) is 11.4 Å². The minimum Gasteiger partial charge on any atom is -0.381 e. The summed E-state index contributed by atoms with van der Waals surface area (Å²) in [6.07, 6.45) is 4.69. The zero-order valence-electron chi connectivity index (χ0n) is 11.7. The van der Waals surface area contributed by atoms with Crippen LogP contribution in [0.2, 0.25) is 0 Å². The standard InChI is InChI=1S/C18H19FO/c1-18(20,15-8-10-17(19)11-9-15)16-7-6-13-4-2-3-5-14(13)12-16/h6-12,20H,2-5H2,1H3. The summed E-state index contributed by atoms with van der Waals surface area (Å²) in [5.41, 5.74) is 3.26. The number of rotatable bonds is 2. The van der Waals surface area contributed by atoms with Gasteiger partial charge >= 0.3 is 0 Å². The maximum Gasteiger partial charge on any atom is 0.123 e. The van der Waals surface area contributed by atoms with Crippen LogP contribution >= 0.6 is 0 Å². The molecule has 0 saturated heterocycles. The third-order valence-electron chi connectivity index (χ3n) is 4.32. The van der Waals surface area contributed by atoms with Gasteiger partial charge in [-0.2, -0.15) is 0 Å². The molecule has 0 fully saturated rings. The summed E-state index contributed by atoms with van der Waals surface area (Å²) in [4.78, 5) is 0. The lowest BCUT2D eigenvalue weighted by Gasteiger charge is -2.27. The van der Waals surface area contributed by atoms with E-state index >= 15 is 0 Å². The van der Waals surface area contributed by atoms with Crippen LogP contribution in [-0.2, 0) is 18.4 Å². The van der Waals surface area contributed by atoms with Crippen molar-refractivity contribution in [2.24, 2.45) is 0 Å². The third-order valence-corrected chi connectivity index (χ3v) is 4.32. The molecule has 1 unspecified atom stereocenters. The quantitative estimate of drug-likeness (QED) is 0.875. The maximum absolute atomic E-state index is 13.0. The molecule has 1 nitrogen and oxygen atoms in total. The van der Waals surface area contributed by atoms with E-state index in [9.17, 15) is 9.50 Å². The van der Waals surface area contributed by atoms with Crippen molar-refractivity contribution in [3.05, 3.63) is 70.5 Å². The predicted molar refractivity (Wildman–Crippen MR) is 78.2 cm³/mol.